The van der Waals surface area contributed by atoms with Gasteiger partial charge in [0.1, 0.15) is 5.60 Å². The number of nitro groups is 1. The number of nitrogens with one attached hydrogen (secondary N) is 2. The summed E-state index contributed by atoms with van der Waals surface area (Å²) in [5, 5.41) is 27.4. The summed E-state index contributed by atoms with van der Waals surface area (Å²) in [7, 11) is 1.44. The molecular formula is C17H18ClN3O4. The van der Waals surface area contributed by atoms with Gasteiger partial charge in [0.15, 0.2) is 0 Å². The summed E-state index contributed by atoms with van der Waals surface area (Å²) < 4.78 is 0. The van der Waals surface area contributed by atoms with E-state index >= 15 is 0 Å². The van der Waals surface area contributed by atoms with Crippen molar-refractivity contribution in [1.29, 1.82) is 0 Å². The molecule has 0 radical (unpaired) electrons. The number of aliphatic hydroxyl groups is 1. The van der Waals surface area contributed by atoms with Gasteiger partial charge in [-0.05, 0) is 19.1 Å². The Labute approximate surface area is 149 Å². The number of rotatable bonds is 6. The minimum Gasteiger partial charge on any atom is -0.384 e. The average molecular weight is 364 g/mol. The topological polar surface area (TPSA) is 104 Å². The fraction of sp³-hybridized carbons (Fsp3) is 0.235. The van der Waals surface area contributed by atoms with Gasteiger partial charge in [-0.15, -0.1) is 0 Å². The summed E-state index contributed by atoms with van der Waals surface area (Å²) in [5.41, 5.74) is -0.474. The van der Waals surface area contributed by atoms with Crippen molar-refractivity contribution in [3.63, 3.8) is 0 Å². The summed E-state index contributed by atoms with van der Waals surface area (Å²) >= 11 is 6.12. The molecule has 0 saturated heterocycles. The van der Waals surface area contributed by atoms with Crippen LogP contribution in [0.2, 0.25) is 5.02 Å². The number of carbonyl (C=O) groups excluding carboxylic acids is 1. The highest BCUT2D eigenvalue weighted by molar-refractivity contribution is 6.31. The van der Waals surface area contributed by atoms with Crippen LogP contribution in [0, 0.1) is 10.1 Å². The molecule has 0 heterocycles. The van der Waals surface area contributed by atoms with Gasteiger partial charge >= 0.3 is 0 Å². The summed E-state index contributed by atoms with van der Waals surface area (Å²) in [4.78, 5) is 22.3. The van der Waals surface area contributed by atoms with Gasteiger partial charge in [0, 0.05) is 42.0 Å². The second-order valence-electron chi connectivity index (χ2n) is 5.67. The fourth-order valence-corrected chi connectivity index (χ4v) is 2.72. The van der Waals surface area contributed by atoms with Crippen molar-refractivity contribution in [2.24, 2.45) is 0 Å². The maximum atomic E-state index is 12.0. The minimum atomic E-state index is -1.31. The van der Waals surface area contributed by atoms with Crippen LogP contribution < -0.4 is 10.6 Å². The molecule has 1 amide bonds. The van der Waals surface area contributed by atoms with E-state index in [0.29, 0.717) is 16.3 Å². The van der Waals surface area contributed by atoms with Crippen LogP contribution in [0.25, 0.3) is 0 Å². The number of hydrogen-bond acceptors (Lipinski definition) is 5. The first-order valence-electron chi connectivity index (χ1n) is 7.48. The van der Waals surface area contributed by atoms with Crippen molar-refractivity contribution >= 4 is 28.9 Å². The molecule has 3 N–H and O–H groups in total. The molecule has 1 atom stereocenters. The zero-order valence-corrected chi connectivity index (χ0v) is 14.5. The summed E-state index contributed by atoms with van der Waals surface area (Å²) in [6.45, 7) is 1.64. The van der Waals surface area contributed by atoms with Crippen LogP contribution in [0.3, 0.4) is 0 Å². The van der Waals surface area contributed by atoms with Crippen LogP contribution >= 0.6 is 11.6 Å². The summed E-state index contributed by atoms with van der Waals surface area (Å²) in [6, 6.07) is 10.8. The Bertz CT molecular complexity index is 808. The smallest absolute Gasteiger partial charge is 0.270 e. The van der Waals surface area contributed by atoms with Crippen molar-refractivity contribution in [2.45, 2.75) is 12.5 Å². The third-order valence-electron chi connectivity index (χ3n) is 3.76. The number of halogens is 1. The number of hydrogen-bond donors (Lipinski definition) is 3. The lowest BCUT2D eigenvalue weighted by atomic mass is 9.95. The van der Waals surface area contributed by atoms with Crippen LogP contribution in [0.15, 0.2) is 42.5 Å². The zero-order chi connectivity index (χ0) is 18.6. The molecule has 0 aliphatic heterocycles. The van der Waals surface area contributed by atoms with E-state index in [1.807, 2.05) is 0 Å². The van der Waals surface area contributed by atoms with E-state index in [1.54, 1.807) is 31.2 Å². The number of carbonyl (C=O) groups is 1. The van der Waals surface area contributed by atoms with Crippen LogP contribution in [0.5, 0.6) is 0 Å². The molecule has 1 unspecified atom stereocenters. The summed E-state index contributed by atoms with van der Waals surface area (Å²) in [6.07, 6.45) is 0. The van der Waals surface area contributed by atoms with E-state index in [-0.39, 0.29) is 17.8 Å². The molecule has 0 bridgehead atoms. The molecule has 25 heavy (non-hydrogen) atoms. The predicted molar refractivity (Wildman–Crippen MR) is 96.0 cm³/mol. The highest BCUT2D eigenvalue weighted by atomic mass is 35.5. The summed E-state index contributed by atoms with van der Waals surface area (Å²) in [5.74, 6) is -0.469. The van der Waals surface area contributed by atoms with Crippen molar-refractivity contribution in [2.75, 3.05) is 18.9 Å². The predicted octanol–water partition coefficient (Wildman–Crippen LogP) is 2.93. The lowest BCUT2D eigenvalue weighted by molar-refractivity contribution is -0.384. The van der Waals surface area contributed by atoms with E-state index in [9.17, 15) is 20.0 Å². The molecule has 7 nitrogen and oxygen atoms in total. The molecule has 8 heteroatoms. The second-order valence-corrected chi connectivity index (χ2v) is 6.08. The Balaban J connectivity index is 2.29. The first-order valence-corrected chi connectivity index (χ1v) is 7.86. The molecule has 132 valence electrons. The van der Waals surface area contributed by atoms with Gasteiger partial charge in [-0.2, -0.15) is 0 Å². The average Bonchev–Trinajstić information content (AvgIpc) is 2.59. The SMILES string of the molecule is CNC(=O)c1cc([N+](=O)[O-])ccc1NCC(C)(O)c1ccccc1Cl. The first-order chi connectivity index (χ1) is 11.8. The van der Waals surface area contributed by atoms with Crippen LogP contribution in [-0.2, 0) is 5.60 Å². The normalized spacial score (nSPS) is 13.0. The third-order valence-corrected chi connectivity index (χ3v) is 4.09. The maximum Gasteiger partial charge on any atom is 0.270 e. The van der Waals surface area contributed by atoms with E-state index in [4.69, 9.17) is 11.6 Å². The van der Waals surface area contributed by atoms with Crippen LogP contribution in [0.1, 0.15) is 22.8 Å². The number of benzene rings is 2. The second kappa shape index (κ2) is 7.50. The van der Waals surface area contributed by atoms with Crippen molar-refractivity contribution < 1.29 is 14.8 Å². The molecule has 0 aliphatic carbocycles. The van der Waals surface area contributed by atoms with E-state index in [0.717, 1.165) is 0 Å². The van der Waals surface area contributed by atoms with E-state index < -0.39 is 16.4 Å². The quantitative estimate of drug-likeness (QED) is 0.540. The van der Waals surface area contributed by atoms with Crippen LogP contribution in [-0.4, -0.2) is 29.5 Å². The Hall–Kier alpha value is -2.64. The molecule has 0 saturated carbocycles. The maximum absolute atomic E-state index is 12.0. The molecule has 2 rings (SSSR count). The molecule has 0 aliphatic rings. The molecule has 0 aromatic heterocycles. The Morgan fingerprint density at radius 3 is 2.60 bits per heavy atom. The lowest BCUT2D eigenvalue weighted by Crippen LogP contribution is -2.32. The van der Waals surface area contributed by atoms with Crippen LogP contribution in [0.4, 0.5) is 11.4 Å². The Morgan fingerprint density at radius 1 is 1.32 bits per heavy atom. The van der Waals surface area contributed by atoms with E-state index in [2.05, 4.69) is 10.6 Å². The van der Waals surface area contributed by atoms with E-state index in [1.165, 1.54) is 25.2 Å². The zero-order valence-electron chi connectivity index (χ0n) is 13.7. The van der Waals surface area contributed by atoms with Gasteiger partial charge in [0.05, 0.1) is 10.5 Å². The van der Waals surface area contributed by atoms with Crippen molar-refractivity contribution in [3.05, 3.63) is 68.7 Å². The van der Waals surface area contributed by atoms with Crippen molar-refractivity contribution in [1.82, 2.24) is 5.32 Å². The van der Waals surface area contributed by atoms with Gasteiger partial charge in [-0.1, -0.05) is 29.8 Å². The van der Waals surface area contributed by atoms with Gasteiger partial charge in [-0.25, -0.2) is 0 Å². The minimum absolute atomic E-state index is 0.0541. The number of nitro benzene ring substituents is 1. The number of anilines is 1. The van der Waals surface area contributed by atoms with Gasteiger partial charge in [-0.3, -0.25) is 14.9 Å². The Kier molecular flexibility index (Phi) is 5.61. The van der Waals surface area contributed by atoms with Gasteiger partial charge < -0.3 is 15.7 Å². The monoisotopic (exact) mass is 363 g/mol. The standard InChI is InChI=1S/C17H18ClN3O4/c1-17(23,13-5-3-4-6-14(13)18)10-20-15-8-7-11(21(24)25)9-12(15)16(22)19-2/h3-9,20,23H,10H2,1-2H3,(H,19,22). The fourth-order valence-electron chi connectivity index (χ4n) is 2.38. The molecule has 2 aromatic rings. The number of amides is 1. The lowest BCUT2D eigenvalue weighted by Gasteiger charge is -2.26. The first kappa shape index (κ1) is 18.7. The highest BCUT2D eigenvalue weighted by Gasteiger charge is 2.26. The Morgan fingerprint density at radius 2 is 2.00 bits per heavy atom. The van der Waals surface area contributed by atoms with Gasteiger partial charge in [0.2, 0.25) is 0 Å². The number of non-ortho nitro benzene ring substituents is 1. The molecule has 0 fully saturated rings. The molecule has 0 spiro atoms. The molecule has 2 aromatic carbocycles. The highest BCUT2D eigenvalue weighted by Crippen LogP contribution is 2.29. The van der Waals surface area contributed by atoms with Gasteiger partial charge in [0.25, 0.3) is 11.6 Å². The number of nitrogens with zero attached hydrogens (tertiary/aromatic N) is 1. The largest absolute Gasteiger partial charge is 0.384 e. The molecular weight excluding hydrogens is 346 g/mol. The van der Waals surface area contributed by atoms with Crippen molar-refractivity contribution in [3.8, 4) is 0 Å². The third kappa shape index (κ3) is 4.26.